The summed E-state index contributed by atoms with van der Waals surface area (Å²) in [4.78, 5) is 0. The van der Waals surface area contributed by atoms with Gasteiger partial charge in [-0.25, -0.2) is 0 Å². The molecular weight excluding hydrogens is 237 g/mol. The summed E-state index contributed by atoms with van der Waals surface area (Å²) in [6, 6.07) is 8.04. The zero-order valence-corrected chi connectivity index (χ0v) is 9.19. The van der Waals surface area contributed by atoms with E-state index in [0.717, 1.165) is 16.7 Å². The summed E-state index contributed by atoms with van der Waals surface area (Å²) >= 11 is 9.16. The molecule has 0 aliphatic rings. The van der Waals surface area contributed by atoms with Gasteiger partial charge < -0.3 is 5.32 Å². The molecule has 1 aromatic carbocycles. The fraction of sp³-hybridized carbons (Fsp3) is 0.333. The van der Waals surface area contributed by atoms with E-state index in [0.29, 0.717) is 0 Å². The number of rotatable bonds is 3. The molecule has 0 saturated carbocycles. The summed E-state index contributed by atoms with van der Waals surface area (Å²) in [5.41, 5.74) is 1.10. The van der Waals surface area contributed by atoms with Crippen molar-refractivity contribution in [3.05, 3.63) is 28.7 Å². The standard InChI is InChI=1S/C9H11BrClN/c1-7(11)6-12-9-4-2-8(10)3-5-9/h2-5,7,12H,6H2,1H3. The molecule has 0 aliphatic heterocycles. The van der Waals surface area contributed by atoms with E-state index in [2.05, 4.69) is 21.2 Å². The molecule has 1 N–H and O–H groups in total. The summed E-state index contributed by atoms with van der Waals surface area (Å²) in [6.07, 6.45) is 0. The first kappa shape index (κ1) is 9.87. The minimum absolute atomic E-state index is 0.161. The molecule has 1 atom stereocenters. The molecule has 0 aromatic heterocycles. The van der Waals surface area contributed by atoms with Gasteiger partial charge in [-0.1, -0.05) is 15.9 Å². The highest BCUT2D eigenvalue weighted by atomic mass is 79.9. The third-order valence-electron chi connectivity index (χ3n) is 1.43. The van der Waals surface area contributed by atoms with Crippen molar-refractivity contribution < 1.29 is 0 Å². The average molecular weight is 249 g/mol. The monoisotopic (exact) mass is 247 g/mol. The highest BCUT2D eigenvalue weighted by Crippen LogP contribution is 2.14. The van der Waals surface area contributed by atoms with Crippen LogP contribution in [0.5, 0.6) is 0 Å². The average Bonchev–Trinajstić information content (AvgIpc) is 2.03. The SMILES string of the molecule is CC(Cl)CNc1ccc(Br)cc1. The van der Waals surface area contributed by atoms with Gasteiger partial charge in [-0.05, 0) is 31.2 Å². The first-order valence-electron chi connectivity index (χ1n) is 3.82. The number of hydrogen-bond donors (Lipinski definition) is 1. The number of halogens is 2. The maximum Gasteiger partial charge on any atom is 0.0480 e. The second kappa shape index (κ2) is 4.73. The van der Waals surface area contributed by atoms with Gasteiger partial charge in [0, 0.05) is 22.1 Å². The molecular formula is C9H11BrClN. The number of hydrogen-bond acceptors (Lipinski definition) is 1. The Morgan fingerprint density at radius 3 is 2.50 bits per heavy atom. The van der Waals surface area contributed by atoms with Gasteiger partial charge in [0.05, 0.1) is 0 Å². The van der Waals surface area contributed by atoms with Crippen molar-refractivity contribution in [2.45, 2.75) is 12.3 Å². The van der Waals surface area contributed by atoms with Crippen molar-refractivity contribution in [2.24, 2.45) is 0 Å². The molecule has 1 aromatic rings. The van der Waals surface area contributed by atoms with Crippen LogP contribution in [0.4, 0.5) is 5.69 Å². The van der Waals surface area contributed by atoms with Crippen LogP contribution < -0.4 is 5.32 Å². The fourth-order valence-electron chi connectivity index (χ4n) is 0.826. The summed E-state index contributed by atoms with van der Waals surface area (Å²) in [5.74, 6) is 0. The Kier molecular flexibility index (Phi) is 3.89. The third kappa shape index (κ3) is 3.46. The molecule has 0 fully saturated rings. The van der Waals surface area contributed by atoms with Crippen molar-refractivity contribution in [1.82, 2.24) is 0 Å². The second-order valence-corrected chi connectivity index (χ2v) is 4.33. The van der Waals surface area contributed by atoms with Gasteiger partial charge >= 0.3 is 0 Å². The number of alkyl halides is 1. The first-order chi connectivity index (χ1) is 5.68. The lowest BCUT2D eigenvalue weighted by Crippen LogP contribution is -2.09. The lowest BCUT2D eigenvalue weighted by Gasteiger charge is -2.06. The van der Waals surface area contributed by atoms with Crippen LogP contribution in [0, 0.1) is 0 Å². The molecule has 3 heteroatoms. The normalized spacial score (nSPS) is 12.6. The van der Waals surface area contributed by atoms with Gasteiger partial charge in [0.1, 0.15) is 0 Å². The zero-order chi connectivity index (χ0) is 8.97. The summed E-state index contributed by atoms with van der Waals surface area (Å²) in [6.45, 7) is 2.76. The summed E-state index contributed by atoms with van der Waals surface area (Å²) in [5, 5.41) is 3.38. The Morgan fingerprint density at radius 1 is 1.42 bits per heavy atom. The zero-order valence-electron chi connectivity index (χ0n) is 6.85. The number of anilines is 1. The quantitative estimate of drug-likeness (QED) is 0.808. The number of nitrogens with one attached hydrogen (secondary N) is 1. The highest BCUT2D eigenvalue weighted by molar-refractivity contribution is 9.10. The third-order valence-corrected chi connectivity index (χ3v) is 2.11. The Morgan fingerprint density at radius 2 is 2.00 bits per heavy atom. The molecule has 1 nitrogen and oxygen atoms in total. The summed E-state index contributed by atoms with van der Waals surface area (Å²) < 4.78 is 1.09. The molecule has 0 heterocycles. The lowest BCUT2D eigenvalue weighted by molar-refractivity contribution is 0.988. The van der Waals surface area contributed by atoms with E-state index < -0.39 is 0 Å². The Labute approximate surface area is 86.2 Å². The lowest BCUT2D eigenvalue weighted by atomic mass is 10.3. The van der Waals surface area contributed by atoms with Crippen LogP contribution >= 0.6 is 27.5 Å². The van der Waals surface area contributed by atoms with Crippen molar-refractivity contribution in [1.29, 1.82) is 0 Å². The van der Waals surface area contributed by atoms with Crippen molar-refractivity contribution >= 4 is 33.2 Å². The predicted octanol–water partition coefficient (Wildman–Crippen LogP) is 3.49. The molecule has 0 saturated heterocycles. The van der Waals surface area contributed by atoms with E-state index in [1.807, 2.05) is 31.2 Å². The minimum atomic E-state index is 0.161. The van der Waals surface area contributed by atoms with Gasteiger partial charge in [-0.3, -0.25) is 0 Å². The molecule has 0 amide bonds. The Balaban J connectivity index is 2.48. The predicted molar refractivity (Wildman–Crippen MR) is 57.9 cm³/mol. The topological polar surface area (TPSA) is 12.0 Å². The van der Waals surface area contributed by atoms with Crippen molar-refractivity contribution in [3.8, 4) is 0 Å². The van der Waals surface area contributed by atoms with E-state index in [-0.39, 0.29) is 5.38 Å². The molecule has 1 unspecified atom stereocenters. The maximum atomic E-state index is 5.79. The smallest absolute Gasteiger partial charge is 0.0480 e. The molecule has 0 spiro atoms. The van der Waals surface area contributed by atoms with E-state index in [1.165, 1.54) is 0 Å². The van der Waals surface area contributed by atoms with Crippen LogP contribution in [-0.2, 0) is 0 Å². The first-order valence-corrected chi connectivity index (χ1v) is 5.05. The van der Waals surface area contributed by atoms with Gasteiger partial charge in [0.2, 0.25) is 0 Å². The molecule has 0 bridgehead atoms. The van der Waals surface area contributed by atoms with E-state index >= 15 is 0 Å². The van der Waals surface area contributed by atoms with Gasteiger partial charge in [-0.2, -0.15) is 0 Å². The molecule has 1 rings (SSSR count). The van der Waals surface area contributed by atoms with Gasteiger partial charge in [0.25, 0.3) is 0 Å². The largest absolute Gasteiger partial charge is 0.384 e. The second-order valence-electron chi connectivity index (χ2n) is 2.67. The van der Waals surface area contributed by atoms with Crippen LogP contribution in [0.1, 0.15) is 6.92 Å². The molecule has 12 heavy (non-hydrogen) atoms. The van der Waals surface area contributed by atoms with Crippen LogP contribution in [0.3, 0.4) is 0 Å². The van der Waals surface area contributed by atoms with Crippen LogP contribution in [0.2, 0.25) is 0 Å². The number of benzene rings is 1. The summed E-state index contributed by atoms with van der Waals surface area (Å²) in [7, 11) is 0. The van der Waals surface area contributed by atoms with Crippen molar-refractivity contribution in [3.63, 3.8) is 0 Å². The van der Waals surface area contributed by atoms with E-state index in [4.69, 9.17) is 11.6 Å². The maximum absolute atomic E-state index is 5.79. The van der Waals surface area contributed by atoms with E-state index in [1.54, 1.807) is 0 Å². The van der Waals surface area contributed by atoms with Crippen molar-refractivity contribution in [2.75, 3.05) is 11.9 Å². The minimum Gasteiger partial charge on any atom is -0.384 e. The molecule has 0 radical (unpaired) electrons. The van der Waals surface area contributed by atoms with Gasteiger partial charge in [0.15, 0.2) is 0 Å². The van der Waals surface area contributed by atoms with Crippen LogP contribution in [0.15, 0.2) is 28.7 Å². The van der Waals surface area contributed by atoms with Gasteiger partial charge in [-0.15, -0.1) is 11.6 Å². The van der Waals surface area contributed by atoms with E-state index in [9.17, 15) is 0 Å². The van der Waals surface area contributed by atoms with Crippen LogP contribution in [-0.4, -0.2) is 11.9 Å². The molecule has 66 valence electrons. The fourth-order valence-corrected chi connectivity index (χ4v) is 1.17. The molecule has 0 aliphatic carbocycles. The highest BCUT2D eigenvalue weighted by Gasteiger charge is 1.95. The van der Waals surface area contributed by atoms with Crippen LogP contribution in [0.25, 0.3) is 0 Å². The Hall–Kier alpha value is -0.210. The Bertz CT molecular complexity index is 233.